The van der Waals surface area contributed by atoms with E-state index in [4.69, 9.17) is 7.48 Å². The van der Waals surface area contributed by atoms with Crippen molar-refractivity contribution >= 4 is 5.91 Å². The Morgan fingerprint density at radius 1 is 1.46 bits per heavy atom. The molecule has 3 nitrogen and oxygen atoms in total. The summed E-state index contributed by atoms with van der Waals surface area (Å²) in [6, 6.07) is 2.87. The van der Waals surface area contributed by atoms with Gasteiger partial charge in [-0.25, -0.2) is 0 Å². The largest absolute Gasteiger partial charge is 0.497 e. The molecule has 0 radical (unpaired) electrons. The normalized spacial score (nSPS) is 11.6. The van der Waals surface area contributed by atoms with E-state index in [-0.39, 0.29) is 23.6 Å². The van der Waals surface area contributed by atoms with Gasteiger partial charge in [-0.2, -0.15) is 0 Å². The van der Waals surface area contributed by atoms with Gasteiger partial charge in [0.25, 0.3) is 5.91 Å². The van der Waals surface area contributed by atoms with Gasteiger partial charge in [0.2, 0.25) is 0 Å². The Labute approximate surface area is 80.7 Å². The molecule has 0 spiro atoms. The lowest BCUT2D eigenvalue weighted by Gasteiger charge is -2.10. The third kappa shape index (κ3) is 2.21. The van der Waals surface area contributed by atoms with Crippen molar-refractivity contribution in [2.24, 2.45) is 0 Å². The number of ether oxygens (including phenoxy) is 1. The number of amides is 1. The molecule has 0 bridgehead atoms. The number of methoxy groups -OCH3 is 1. The standard InChI is InChI=1S/C10H13NO2/c1-11(2)10(12)8-4-6-9(13-3)7-5-8/h4-7H,1-3H3/i4D,5D. The summed E-state index contributed by atoms with van der Waals surface area (Å²) < 4.78 is 20.2. The van der Waals surface area contributed by atoms with E-state index in [1.54, 1.807) is 14.1 Å². The Kier molecular flexibility index (Phi) is 2.10. The summed E-state index contributed by atoms with van der Waals surface area (Å²) in [6.45, 7) is 0. The van der Waals surface area contributed by atoms with Crippen LogP contribution in [-0.2, 0) is 0 Å². The molecule has 0 unspecified atom stereocenters. The molecule has 70 valence electrons. The molecule has 0 fully saturated rings. The Bertz CT molecular complexity index is 368. The van der Waals surface area contributed by atoms with E-state index in [9.17, 15) is 4.79 Å². The highest BCUT2D eigenvalue weighted by Gasteiger charge is 2.06. The minimum atomic E-state index is -0.340. The average Bonchev–Trinajstić information content (AvgIpc) is 2.16. The lowest BCUT2D eigenvalue weighted by molar-refractivity contribution is 0.0827. The fourth-order valence-corrected chi connectivity index (χ4v) is 0.835. The van der Waals surface area contributed by atoms with Crippen molar-refractivity contribution in [3.8, 4) is 5.75 Å². The van der Waals surface area contributed by atoms with E-state index in [1.165, 1.54) is 24.1 Å². The van der Waals surface area contributed by atoms with E-state index in [1.807, 2.05) is 0 Å². The molecule has 13 heavy (non-hydrogen) atoms. The lowest BCUT2D eigenvalue weighted by Crippen LogP contribution is -2.21. The summed E-state index contributed by atoms with van der Waals surface area (Å²) >= 11 is 0. The second-order valence-electron chi connectivity index (χ2n) is 2.76. The van der Waals surface area contributed by atoms with Crippen LogP contribution in [0.1, 0.15) is 13.1 Å². The first-order chi connectivity index (χ1) is 6.97. The number of hydrogen-bond acceptors (Lipinski definition) is 2. The van der Waals surface area contributed by atoms with Gasteiger partial charge in [-0.05, 0) is 24.2 Å². The Hall–Kier alpha value is -1.51. The molecule has 0 aliphatic carbocycles. The van der Waals surface area contributed by atoms with Crippen LogP contribution >= 0.6 is 0 Å². The van der Waals surface area contributed by atoms with Gasteiger partial charge in [-0.3, -0.25) is 4.79 Å². The number of rotatable bonds is 2. The van der Waals surface area contributed by atoms with Crippen LogP contribution < -0.4 is 4.74 Å². The number of benzene rings is 1. The average molecular weight is 181 g/mol. The van der Waals surface area contributed by atoms with Crippen LogP contribution in [0.15, 0.2) is 24.2 Å². The maximum atomic E-state index is 11.6. The maximum absolute atomic E-state index is 11.6. The van der Waals surface area contributed by atoms with Gasteiger partial charge in [0, 0.05) is 19.7 Å². The maximum Gasteiger partial charge on any atom is 0.253 e. The van der Waals surface area contributed by atoms with Gasteiger partial charge in [0.05, 0.1) is 9.85 Å². The van der Waals surface area contributed by atoms with Crippen molar-refractivity contribution in [2.75, 3.05) is 21.2 Å². The second-order valence-corrected chi connectivity index (χ2v) is 2.76. The van der Waals surface area contributed by atoms with Crippen LogP contribution in [0.4, 0.5) is 0 Å². The lowest BCUT2D eigenvalue weighted by atomic mass is 10.2. The smallest absolute Gasteiger partial charge is 0.253 e. The van der Waals surface area contributed by atoms with Gasteiger partial charge in [-0.1, -0.05) is 0 Å². The second kappa shape index (κ2) is 3.94. The zero-order valence-electron chi connectivity index (χ0n) is 9.92. The summed E-state index contributed by atoms with van der Waals surface area (Å²) in [5.74, 6) is 0.0768. The highest BCUT2D eigenvalue weighted by Crippen LogP contribution is 2.11. The molecule has 0 saturated carbocycles. The van der Waals surface area contributed by atoms with Gasteiger partial charge < -0.3 is 9.64 Å². The molecule has 0 N–H and O–H groups in total. The first-order valence-electron chi connectivity index (χ1n) is 4.84. The fraction of sp³-hybridized carbons (Fsp3) is 0.300. The third-order valence-electron chi connectivity index (χ3n) is 1.57. The van der Waals surface area contributed by atoms with Crippen LogP contribution in [0.2, 0.25) is 0 Å². The molecule has 3 heteroatoms. The summed E-state index contributed by atoms with van der Waals surface area (Å²) in [5, 5.41) is 0. The number of nitrogens with zero attached hydrogens (tertiary/aromatic N) is 1. The minimum absolute atomic E-state index is 0.0121. The molecular formula is C10H13NO2. The van der Waals surface area contributed by atoms with Crippen molar-refractivity contribution in [1.82, 2.24) is 4.90 Å². The van der Waals surface area contributed by atoms with E-state index in [2.05, 4.69) is 0 Å². The Morgan fingerprint density at radius 2 is 2.00 bits per heavy atom. The molecule has 1 aromatic rings. The van der Waals surface area contributed by atoms with Crippen LogP contribution in [0.25, 0.3) is 0 Å². The van der Waals surface area contributed by atoms with Crippen LogP contribution in [0.3, 0.4) is 0 Å². The number of carbonyl (C=O) groups excluding carboxylic acids is 1. The van der Waals surface area contributed by atoms with Crippen LogP contribution in [-0.4, -0.2) is 32.0 Å². The van der Waals surface area contributed by atoms with Gasteiger partial charge in [0.1, 0.15) is 5.75 Å². The molecule has 1 rings (SSSR count). The summed E-state index contributed by atoms with van der Waals surface area (Å²) in [7, 11) is 4.64. The molecule has 0 heterocycles. The highest BCUT2D eigenvalue weighted by molar-refractivity contribution is 5.93. The van der Waals surface area contributed by atoms with Gasteiger partial charge in [0.15, 0.2) is 0 Å². The Morgan fingerprint density at radius 3 is 2.38 bits per heavy atom. The van der Waals surface area contributed by atoms with Crippen molar-refractivity contribution in [1.29, 1.82) is 0 Å². The predicted molar refractivity (Wildman–Crippen MR) is 51.0 cm³/mol. The summed E-state index contributed by atoms with van der Waals surface area (Å²) in [5.41, 5.74) is 0.0980. The quantitative estimate of drug-likeness (QED) is 0.690. The van der Waals surface area contributed by atoms with Crippen LogP contribution in [0, 0.1) is 0 Å². The molecular weight excluding hydrogens is 166 g/mol. The van der Waals surface area contributed by atoms with Crippen molar-refractivity contribution in [2.45, 2.75) is 0 Å². The molecule has 0 aromatic heterocycles. The SMILES string of the molecule is [2H]c1cc(OC)cc([2H])c1C(=O)N(C)C. The molecule has 0 saturated heterocycles. The molecule has 1 aromatic carbocycles. The fourth-order valence-electron chi connectivity index (χ4n) is 0.835. The predicted octanol–water partition coefficient (Wildman–Crippen LogP) is 1.40. The number of hydrogen-bond donors (Lipinski definition) is 0. The van der Waals surface area contributed by atoms with Crippen LogP contribution in [0.5, 0.6) is 5.75 Å². The molecule has 0 atom stereocenters. The van der Waals surface area contributed by atoms with Crippen molar-refractivity contribution in [3.63, 3.8) is 0 Å². The number of carbonyl (C=O) groups is 1. The van der Waals surface area contributed by atoms with E-state index >= 15 is 0 Å². The van der Waals surface area contributed by atoms with E-state index in [0.29, 0.717) is 5.75 Å². The topological polar surface area (TPSA) is 29.5 Å². The Balaban J connectivity index is 3.25. The molecule has 1 amide bonds. The van der Waals surface area contributed by atoms with Gasteiger partial charge >= 0.3 is 0 Å². The monoisotopic (exact) mass is 181 g/mol. The first kappa shape index (κ1) is 6.95. The highest BCUT2D eigenvalue weighted by atomic mass is 16.5. The van der Waals surface area contributed by atoms with Crippen molar-refractivity contribution in [3.05, 3.63) is 29.8 Å². The molecule has 0 aliphatic heterocycles. The van der Waals surface area contributed by atoms with Crippen molar-refractivity contribution < 1.29 is 12.3 Å². The molecule has 0 aliphatic rings. The zero-order valence-corrected chi connectivity index (χ0v) is 7.92. The van der Waals surface area contributed by atoms with E-state index < -0.39 is 0 Å². The van der Waals surface area contributed by atoms with Gasteiger partial charge in [-0.15, -0.1) is 0 Å². The van der Waals surface area contributed by atoms with E-state index in [0.717, 1.165) is 0 Å². The zero-order chi connectivity index (χ0) is 11.6. The minimum Gasteiger partial charge on any atom is -0.497 e. The first-order valence-corrected chi connectivity index (χ1v) is 3.84. The third-order valence-corrected chi connectivity index (χ3v) is 1.57. The summed E-state index contributed by atoms with van der Waals surface area (Å²) in [4.78, 5) is 13.0. The summed E-state index contributed by atoms with van der Waals surface area (Å²) in [6.07, 6.45) is 0.